The number of aliphatic hydroxyl groups excluding tert-OH is 1. The third-order valence-corrected chi connectivity index (χ3v) is 1.85. The fourth-order valence-electron chi connectivity index (χ4n) is 1.08. The number of aromatic nitrogens is 1. The molecule has 0 saturated heterocycles. The minimum absolute atomic E-state index is 0.0555. The molecular formula is C8H11N3O4. The number of rotatable bonds is 4. The summed E-state index contributed by atoms with van der Waals surface area (Å²) in [6.45, 7) is 0.178. The first-order valence-electron chi connectivity index (χ1n) is 4.27. The molecule has 1 aromatic rings. The summed E-state index contributed by atoms with van der Waals surface area (Å²) in [6.07, 6.45) is 1.67. The number of nitrogens with two attached hydrogens (primary N) is 1. The van der Waals surface area contributed by atoms with Crippen LogP contribution < -0.4 is 11.2 Å². The monoisotopic (exact) mass is 213 g/mol. The van der Waals surface area contributed by atoms with Crippen LogP contribution in [0.5, 0.6) is 0 Å². The summed E-state index contributed by atoms with van der Waals surface area (Å²) in [5, 5.41) is 19.7. The molecule has 0 radical (unpaired) electrons. The van der Waals surface area contributed by atoms with Gasteiger partial charge in [-0.1, -0.05) is 0 Å². The SMILES string of the molecule is NCC(O)Cn1ccc(=O)c([N+](=O)[O-])c1. The predicted molar refractivity (Wildman–Crippen MR) is 52.4 cm³/mol. The number of hydrogen-bond acceptors (Lipinski definition) is 5. The number of nitrogens with zero attached hydrogens (tertiary/aromatic N) is 2. The van der Waals surface area contributed by atoms with E-state index in [1.807, 2.05) is 0 Å². The Balaban J connectivity index is 2.98. The van der Waals surface area contributed by atoms with Crippen molar-refractivity contribution in [3.63, 3.8) is 0 Å². The first-order chi connectivity index (χ1) is 7.04. The maximum absolute atomic E-state index is 11.0. The average Bonchev–Trinajstić information content (AvgIpc) is 2.20. The predicted octanol–water partition coefficient (Wildman–Crippen LogP) is -0.924. The highest BCUT2D eigenvalue weighted by Gasteiger charge is 2.12. The molecule has 7 nitrogen and oxygen atoms in total. The van der Waals surface area contributed by atoms with Crippen LogP contribution in [0.4, 0.5) is 5.69 Å². The fraction of sp³-hybridized carbons (Fsp3) is 0.375. The van der Waals surface area contributed by atoms with Gasteiger partial charge in [-0.25, -0.2) is 0 Å². The summed E-state index contributed by atoms with van der Waals surface area (Å²) in [6, 6.07) is 1.08. The van der Waals surface area contributed by atoms with Crippen molar-refractivity contribution >= 4 is 5.69 Å². The Labute approximate surface area is 84.9 Å². The molecule has 0 aliphatic carbocycles. The highest BCUT2D eigenvalue weighted by Crippen LogP contribution is 2.02. The molecule has 15 heavy (non-hydrogen) atoms. The van der Waals surface area contributed by atoms with Crippen molar-refractivity contribution in [3.8, 4) is 0 Å². The molecule has 0 spiro atoms. The maximum atomic E-state index is 11.0. The molecule has 1 unspecified atom stereocenters. The normalized spacial score (nSPS) is 12.4. The molecule has 0 amide bonds. The molecule has 0 aliphatic heterocycles. The standard InChI is InChI=1S/C8H11N3O4/c9-3-6(12)4-10-2-1-8(13)7(5-10)11(14)15/h1-2,5-6,12H,3-4,9H2. The van der Waals surface area contributed by atoms with Crippen LogP contribution in [0, 0.1) is 10.1 Å². The summed E-state index contributed by atoms with van der Waals surface area (Å²) in [7, 11) is 0. The van der Waals surface area contributed by atoms with Gasteiger partial charge in [0.05, 0.1) is 17.2 Å². The molecule has 1 heterocycles. The van der Waals surface area contributed by atoms with Crippen LogP contribution >= 0.6 is 0 Å². The Morgan fingerprint density at radius 2 is 2.33 bits per heavy atom. The van der Waals surface area contributed by atoms with E-state index in [9.17, 15) is 20.0 Å². The minimum atomic E-state index is -0.785. The quantitative estimate of drug-likeness (QED) is 0.496. The lowest BCUT2D eigenvalue weighted by atomic mass is 10.3. The Hall–Kier alpha value is -1.73. The second-order valence-electron chi connectivity index (χ2n) is 3.04. The smallest absolute Gasteiger partial charge is 0.332 e. The van der Waals surface area contributed by atoms with E-state index in [0.717, 1.165) is 12.3 Å². The summed E-state index contributed by atoms with van der Waals surface area (Å²) in [5.74, 6) is 0. The fourth-order valence-corrected chi connectivity index (χ4v) is 1.08. The van der Waals surface area contributed by atoms with E-state index in [1.54, 1.807) is 0 Å². The van der Waals surface area contributed by atoms with Crippen molar-refractivity contribution < 1.29 is 10.0 Å². The maximum Gasteiger partial charge on any atom is 0.332 e. The molecule has 0 bridgehead atoms. The molecule has 1 atom stereocenters. The van der Waals surface area contributed by atoms with E-state index in [0.29, 0.717) is 0 Å². The number of hydrogen-bond donors (Lipinski definition) is 2. The van der Waals surface area contributed by atoms with Crippen LogP contribution in [0.25, 0.3) is 0 Å². The highest BCUT2D eigenvalue weighted by atomic mass is 16.6. The zero-order valence-electron chi connectivity index (χ0n) is 7.87. The molecule has 1 rings (SSSR count). The van der Waals surface area contributed by atoms with Crippen molar-refractivity contribution in [3.05, 3.63) is 38.8 Å². The second-order valence-corrected chi connectivity index (χ2v) is 3.04. The topological polar surface area (TPSA) is 111 Å². The lowest BCUT2D eigenvalue weighted by Crippen LogP contribution is -2.25. The van der Waals surface area contributed by atoms with E-state index in [-0.39, 0.29) is 13.1 Å². The third-order valence-electron chi connectivity index (χ3n) is 1.85. The summed E-state index contributed by atoms with van der Waals surface area (Å²) < 4.78 is 1.36. The van der Waals surface area contributed by atoms with E-state index >= 15 is 0 Å². The molecule has 0 saturated carbocycles. The van der Waals surface area contributed by atoms with Gasteiger partial charge in [0, 0.05) is 25.4 Å². The lowest BCUT2D eigenvalue weighted by molar-refractivity contribution is -0.386. The van der Waals surface area contributed by atoms with Gasteiger partial charge in [0.1, 0.15) is 0 Å². The zero-order chi connectivity index (χ0) is 11.4. The van der Waals surface area contributed by atoms with Gasteiger partial charge >= 0.3 is 5.69 Å². The molecule has 1 aromatic heterocycles. The Kier molecular flexibility index (Phi) is 3.53. The molecule has 0 fully saturated rings. The van der Waals surface area contributed by atoms with Gasteiger partial charge in [0.2, 0.25) is 0 Å². The lowest BCUT2D eigenvalue weighted by Gasteiger charge is -2.09. The van der Waals surface area contributed by atoms with Crippen LogP contribution in [0.15, 0.2) is 23.3 Å². The van der Waals surface area contributed by atoms with Crippen LogP contribution in [-0.2, 0) is 6.54 Å². The van der Waals surface area contributed by atoms with Crippen molar-refractivity contribution in [1.82, 2.24) is 4.57 Å². The molecule has 0 aliphatic rings. The largest absolute Gasteiger partial charge is 0.390 e. The van der Waals surface area contributed by atoms with Gasteiger partial charge in [0.15, 0.2) is 0 Å². The number of nitro groups is 1. The molecule has 0 aromatic carbocycles. The van der Waals surface area contributed by atoms with E-state index in [4.69, 9.17) is 5.73 Å². The van der Waals surface area contributed by atoms with Gasteiger partial charge in [0.25, 0.3) is 5.43 Å². The zero-order valence-corrected chi connectivity index (χ0v) is 7.87. The van der Waals surface area contributed by atoms with Crippen LogP contribution in [0.3, 0.4) is 0 Å². The summed E-state index contributed by atoms with van der Waals surface area (Å²) in [4.78, 5) is 20.7. The van der Waals surface area contributed by atoms with Crippen molar-refractivity contribution in [2.75, 3.05) is 6.54 Å². The second kappa shape index (κ2) is 4.67. The minimum Gasteiger partial charge on any atom is -0.390 e. The van der Waals surface area contributed by atoms with Crippen molar-refractivity contribution in [1.29, 1.82) is 0 Å². The summed E-state index contributed by atoms with van der Waals surface area (Å²) >= 11 is 0. The first kappa shape index (κ1) is 11.3. The highest BCUT2D eigenvalue weighted by molar-refractivity contribution is 5.25. The van der Waals surface area contributed by atoms with E-state index in [1.165, 1.54) is 10.8 Å². The number of aliphatic hydroxyl groups is 1. The van der Waals surface area contributed by atoms with Gasteiger partial charge in [-0.3, -0.25) is 14.9 Å². The Bertz CT molecular complexity index is 415. The average molecular weight is 213 g/mol. The molecular weight excluding hydrogens is 202 g/mol. The van der Waals surface area contributed by atoms with Crippen molar-refractivity contribution in [2.24, 2.45) is 5.73 Å². The third kappa shape index (κ3) is 2.86. The van der Waals surface area contributed by atoms with Gasteiger partial charge < -0.3 is 15.4 Å². The van der Waals surface area contributed by atoms with Crippen LogP contribution in [-0.4, -0.2) is 27.2 Å². The van der Waals surface area contributed by atoms with Crippen LogP contribution in [0.1, 0.15) is 0 Å². The van der Waals surface area contributed by atoms with Crippen LogP contribution in [0.2, 0.25) is 0 Å². The Morgan fingerprint density at radius 3 is 2.87 bits per heavy atom. The van der Waals surface area contributed by atoms with Gasteiger partial charge in [-0.05, 0) is 0 Å². The van der Waals surface area contributed by atoms with Crippen molar-refractivity contribution in [2.45, 2.75) is 12.6 Å². The molecule has 3 N–H and O–H groups in total. The van der Waals surface area contributed by atoms with Gasteiger partial charge in [-0.2, -0.15) is 0 Å². The number of pyridine rings is 1. The van der Waals surface area contributed by atoms with E-state index < -0.39 is 22.1 Å². The molecule has 82 valence electrons. The molecule has 7 heteroatoms. The van der Waals surface area contributed by atoms with E-state index in [2.05, 4.69) is 0 Å². The Morgan fingerprint density at radius 1 is 1.67 bits per heavy atom. The summed E-state index contributed by atoms with van der Waals surface area (Å²) in [5.41, 5.74) is 4.02. The first-order valence-corrected chi connectivity index (χ1v) is 4.27. The van der Waals surface area contributed by atoms with Gasteiger partial charge in [-0.15, -0.1) is 0 Å².